The smallest absolute Gasteiger partial charge is 0.255 e. The molecule has 8 heteroatoms. The van der Waals surface area contributed by atoms with E-state index in [1.54, 1.807) is 36.4 Å². The Morgan fingerprint density at radius 2 is 1.76 bits per heavy atom. The first kappa shape index (κ1) is 20.5. The summed E-state index contributed by atoms with van der Waals surface area (Å²) in [5, 5.41) is 6.10. The molecule has 2 aromatic carbocycles. The van der Waals surface area contributed by atoms with E-state index in [1.807, 2.05) is 12.1 Å². The van der Waals surface area contributed by atoms with Crippen molar-refractivity contribution in [1.29, 1.82) is 0 Å². The summed E-state index contributed by atoms with van der Waals surface area (Å²) in [6.45, 7) is 1.40. The third-order valence-electron chi connectivity index (χ3n) is 4.47. The van der Waals surface area contributed by atoms with Crippen LogP contribution in [0.3, 0.4) is 0 Å². The van der Waals surface area contributed by atoms with Gasteiger partial charge in [0.2, 0.25) is 11.8 Å². The quantitative estimate of drug-likeness (QED) is 0.544. The van der Waals surface area contributed by atoms with Crippen LogP contribution in [0, 0.1) is 0 Å². The Balaban J connectivity index is 1.63. The maximum atomic E-state index is 12.4. The lowest BCUT2D eigenvalue weighted by atomic mass is 10.0. The van der Waals surface area contributed by atoms with Crippen molar-refractivity contribution in [3.05, 3.63) is 70.3 Å². The summed E-state index contributed by atoms with van der Waals surface area (Å²) >= 11 is 1.44. The van der Waals surface area contributed by atoms with Crippen LogP contribution in [0.5, 0.6) is 0 Å². The molecule has 3 rings (SSSR count). The fourth-order valence-corrected chi connectivity index (χ4v) is 4.44. The first-order valence-electron chi connectivity index (χ1n) is 9.05. The van der Waals surface area contributed by atoms with Gasteiger partial charge < -0.3 is 22.1 Å². The second-order valence-electron chi connectivity index (χ2n) is 6.74. The van der Waals surface area contributed by atoms with Gasteiger partial charge in [0.1, 0.15) is 0 Å². The number of nitrogens with one attached hydrogen (secondary N) is 2. The number of hydrogen-bond donors (Lipinski definition) is 4. The van der Waals surface area contributed by atoms with Crippen molar-refractivity contribution in [3.63, 3.8) is 0 Å². The Hall–Kier alpha value is -3.26. The minimum absolute atomic E-state index is 0.0862. The number of nitrogen functional groups attached to an aromatic ring is 1. The van der Waals surface area contributed by atoms with E-state index in [2.05, 4.69) is 10.6 Å². The highest BCUT2D eigenvalue weighted by Crippen LogP contribution is 2.37. The van der Waals surface area contributed by atoms with Gasteiger partial charge in [0, 0.05) is 23.3 Å². The van der Waals surface area contributed by atoms with Crippen LogP contribution in [0.4, 0.5) is 11.4 Å². The van der Waals surface area contributed by atoms with Gasteiger partial charge in [-0.3, -0.25) is 14.4 Å². The van der Waals surface area contributed by atoms with E-state index in [1.165, 1.54) is 18.7 Å². The lowest BCUT2D eigenvalue weighted by Crippen LogP contribution is -2.22. The zero-order valence-corrected chi connectivity index (χ0v) is 16.7. The Labute approximate surface area is 172 Å². The Kier molecular flexibility index (Phi) is 6.23. The van der Waals surface area contributed by atoms with Gasteiger partial charge in [-0.25, -0.2) is 0 Å². The van der Waals surface area contributed by atoms with Crippen LogP contribution >= 0.6 is 11.8 Å². The second kappa shape index (κ2) is 8.83. The molecule has 0 saturated carbocycles. The molecule has 2 aromatic rings. The van der Waals surface area contributed by atoms with Crippen molar-refractivity contribution < 1.29 is 14.4 Å². The molecule has 1 aliphatic rings. The number of carbonyl (C=O) groups excluding carboxylic acids is 3. The van der Waals surface area contributed by atoms with Crippen molar-refractivity contribution >= 4 is 40.9 Å². The normalized spacial score (nSPS) is 15.8. The van der Waals surface area contributed by atoms with Crippen LogP contribution in [0.25, 0.3) is 0 Å². The number of primary amides is 1. The Bertz CT molecular complexity index is 986. The number of benzene rings is 2. The number of anilines is 2. The summed E-state index contributed by atoms with van der Waals surface area (Å²) in [6, 6.07) is 14.3. The van der Waals surface area contributed by atoms with Crippen LogP contribution < -0.4 is 22.1 Å². The molecule has 1 unspecified atom stereocenters. The van der Waals surface area contributed by atoms with Crippen LogP contribution in [0.15, 0.2) is 59.1 Å². The number of rotatable bonds is 6. The Morgan fingerprint density at radius 1 is 1.07 bits per heavy atom. The highest BCUT2D eigenvalue weighted by atomic mass is 32.2. The molecule has 1 atom stereocenters. The topological polar surface area (TPSA) is 127 Å². The van der Waals surface area contributed by atoms with Gasteiger partial charge in [-0.1, -0.05) is 24.3 Å². The molecule has 0 aliphatic carbocycles. The molecule has 0 bridgehead atoms. The average Bonchev–Trinajstić information content (AvgIpc) is 3.06. The third kappa shape index (κ3) is 5.17. The van der Waals surface area contributed by atoms with Gasteiger partial charge >= 0.3 is 0 Å². The summed E-state index contributed by atoms with van der Waals surface area (Å²) < 4.78 is 0. The van der Waals surface area contributed by atoms with Crippen LogP contribution in [-0.2, 0) is 16.0 Å². The fourth-order valence-electron chi connectivity index (χ4n) is 3.05. The number of hydrogen-bond acceptors (Lipinski definition) is 5. The van der Waals surface area contributed by atoms with Crippen molar-refractivity contribution in [1.82, 2.24) is 5.32 Å². The zero-order valence-electron chi connectivity index (χ0n) is 15.9. The number of para-hydroxylation sites is 2. The third-order valence-corrected chi connectivity index (χ3v) is 5.72. The maximum absolute atomic E-state index is 12.4. The highest BCUT2D eigenvalue weighted by molar-refractivity contribution is 8.04. The van der Waals surface area contributed by atoms with Gasteiger partial charge in [0.05, 0.1) is 16.4 Å². The SMILES string of the molecule is CC(=O)NC1=C(C(N)=O)CC(Cc2ccc(C(=O)Nc3ccccc3N)cc2)S1. The zero-order chi connectivity index (χ0) is 21.0. The average molecular weight is 410 g/mol. The number of nitrogens with two attached hydrogens (primary N) is 2. The van der Waals surface area contributed by atoms with Crippen LogP contribution in [0.2, 0.25) is 0 Å². The van der Waals surface area contributed by atoms with Crippen LogP contribution in [-0.4, -0.2) is 23.0 Å². The minimum atomic E-state index is -0.518. The van der Waals surface area contributed by atoms with E-state index in [-0.39, 0.29) is 17.1 Å². The van der Waals surface area contributed by atoms with E-state index in [0.29, 0.717) is 40.4 Å². The largest absolute Gasteiger partial charge is 0.397 e. The fraction of sp³-hybridized carbons (Fsp3) is 0.190. The molecule has 150 valence electrons. The van der Waals surface area contributed by atoms with Gasteiger partial charge in [-0.2, -0.15) is 0 Å². The van der Waals surface area contributed by atoms with E-state index in [9.17, 15) is 14.4 Å². The number of carbonyl (C=O) groups is 3. The predicted octanol–water partition coefficient (Wildman–Crippen LogP) is 2.40. The van der Waals surface area contributed by atoms with Crippen molar-refractivity contribution in [2.24, 2.45) is 5.73 Å². The maximum Gasteiger partial charge on any atom is 0.255 e. The first-order chi connectivity index (χ1) is 13.8. The first-order valence-corrected chi connectivity index (χ1v) is 9.93. The lowest BCUT2D eigenvalue weighted by molar-refractivity contribution is -0.118. The molecule has 7 nitrogen and oxygen atoms in total. The van der Waals surface area contributed by atoms with Crippen molar-refractivity contribution in [2.45, 2.75) is 25.0 Å². The molecular formula is C21H22N4O3S. The molecule has 6 N–H and O–H groups in total. The van der Waals surface area contributed by atoms with Gasteiger partial charge in [-0.15, -0.1) is 11.8 Å². The van der Waals surface area contributed by atoms with E-state index in [0.717, 1.165) is 5.56 Å². The van der Waals surface area contributed by atoms with Crippen molar-refractivity contribution in [2.75, 3.05) is 11.1 Å². The minimum Gasteiger partial charge on any atom is -0.397 e. The van der Waals surface area contributed by atoms with E-state index < -0.39 is 5.91 Å². The molecule has 0 fully saturated rings. The van der Waals surface area contributed by atoms with Gasteiger partial charge in [-0.05, 0) is 42.7 Å². The molecule has 0 spiro atoms. The molecule has 1 heterocycles. The monoisotopic (exact) mass is 410 g/mol. The molecule has 29 heavy (non-hydrogen) atoms. The standard InChI is InChI=1S/C21H22N4O3S/c1-12(26)24-21-16(19(23)27)11-15(29-21)10-13-6-8-14(9-7-13)20(28)25-18-5-3-2-4-17(18)22/h2-9,15H,10-11,22H2,1H3,(H2,23,27)(H,24,26)(H,25,28). The lowest BCUT2D eigenvalue weighted by Gasteiger charge is -2.11. The molecule has 0 aromatic heterocycles. The summed E-state index contributed by atoms with van der Waals surface area (Å²) in [7, 11) is 0. The summed E-state index contributed by atoms with van der Waals surface area (Å²) in [4.78, 5) is 35.4. The summed E-state index contributed by atoms with van der Waals surface area (Å²) in [5.41, 5.74) is 14.3. The summed E-state index contributed by atoms with van der Waals surface area (Å²) in [6.07, 6.45) is 1.17. The van der Waals surface area contributed by atoms with Crippen molar-refractivity contribution in [3.8, 4) is 0 Å². The highest BCUT2D eigenvalue weighted by Gasteiger charge is 2.29. The Morgan fingerprint density at radius 3 is 2.38 bits per heavy atom. The molecule has 1 aliphatic heterocycles. The summed E-state index contributed by atoms with van der Waals surface area (Å²) in [5.74, 6) is -0.993. The predicted molar refractivity (Wildman–Crippen MR) is 115 cm³/mol. The van der Waals surface area contributed by atoms with Gasteiger partial charge in [0.15, 0.2) is 0 Å². The van der Waals surface area contributed by atoms with Crippen LogP contribution in [0.1, 0.15) is 29.3 Å². The molecule has 0 saturated heterocycles. The second-order valence-corrected chi connectivity index (χ2v) is 8.05. The van der Waals surface area contributed by atoms with Gasteiger partial charge in [0.25, 0.3) is 5.91 Å². The van der Waals surface area contributed by atoms with E-state index in [4.69, 9.17) is 11.5 Å². The molecular weight excluding hydrogens is 388 g/mol. The number of amides is 3. The molecule has 0 radical (unpaired) electrons. The molecule has 3 amide bonds. The van der Waals surface area contributed by atoms with E-state index >= 15 is 0 Å². The number of thioether (sulfide) groups is 1.